The van der Waals surface area contributed by atoms with E-state index in [-0.39, 0.29) is 0 Å². The van der Waals surface area contributed by atoms with Crippen LogP contribution in [0.2, 0.25) is 0 Å². The summed E-state index contributed by atoms with van der Waals surface area (Å²) in [6.45, 7) is 2.17. The summed E-state index contributed by atoms with van der Waals surface area (Å²) in [5, 5.41) is 0. The van der Waals surface area contributed by atoms with Gasteiger partial charge < -0.3 is 4.57 Å². The number of imidazole rings is 1. The molecule has 1 unspecified atom stereocenters. The Morgan fingerprint density at radius 1 is 1.27 bits per heavy atom. The number of hydrogen-bond donors (Lipinski definition) is 0. The maximum absolute atomic E-state index is 4.07. The van der Waals surface area contributed by atoms with Crippen molar-refractivity contribution in [3.63, 3.8) is 0 Å². The summed E-state index contributed by atoms with van der Waals surface area (Å²) in [5.74, 6) is 0. The maximum atomic E-state index is 4.07. The first-order valence-corrected chi connectivity index (χ1v) is 5.14. The lowest BCUT2D eigenvalue weighted by Crippen LogP contribution is -2.09. The molecule has 0 radical (unpaired) electrons. The molecular weight excluding hydrogens is 188 g/mol. The van der Waals surface area contributed by atoms with Crippen molar-refractivity contribution < 1.29 is 0 Å². The van der Waals surface area contributed by atoms with E-state index in [1.165, 1.54) is 0 Å². The average molecular weight is 202 g/mol. The Bertz CT molecular complexity index is 382. The van der Waals surface area contributed by atoms with Crippen LogP contribution in [0.4, 0.5) is 0 Å². The molecule has 78 valence electrons. The van der Waals surface area contributed by atoms with Crippen LogP contribution in [0.25, 0.3) is 0 Å². The highest BCUT2D eigenvalue weighted by molar-refractivity contribution is 5.11. The normalized spacial score (nSPS) is 12.6. The molecule has 0 aliphatic rings. The Balaban J connectivity index is 2.28. The summed E-state index contributed by atoms with van der Waals surface area (Å²) in [6, 6.07) is 0.304. The van der Waals surface area contributed by atoms with E-state index in [0.29, 0.717) is 6.04 Å². The minimum atomic E-state index is 0.304. The first-order valence-electron chi connectivity index (χ1n) is 5.14. The van der Waals surface area contributed by atoms with E-state index < -0.39 is 0 Å². The van der Waals surface area contributed by atoms with Crippen molar-refractivity contribution in [2.45, 2.75) is 25.8 Å². The highest BCUT2D eigenvalue weighted by Crippen LogP contribution is 2.21. The quantitative estimate of drug-likeness (QED) is 0.762. The molecule has 1 atom stereocenters. The van der Waals surface area contributed by atoms with Crippen molar-refractivity contribution in [3.8, 4) is 0 Å². The monoisotopic (exact) mass is 202 g/mol. The summed E-state index contributed by atoms with van der Waals surface area (Å²) in [4.78, 5) is 12.2. The molecule has 15 heavy (non-hydrogen) atoms. The zero-order valence-corrected chi connectivity index (χ0v) is 8.74. The third kappa shape index (κ3) is 2.21. The standard InChI is InChI=1S/C11H14N4/c1-2-3-11(15-5-4-12-9-15)10-6-13-8-14-7-10/h4-9,11H,2-3H2,1H3. The van der Waals surface area contributed by atoms with Crippen molar-refractivity contribution >= 4 is 0 Å². The van der Waals surface area contributed by atoms with Crippen LogP contribution in [-0.2, 0) is 0 Å². The van der Waals surface area contributed by atoms with Gasteiger partial charge in [-0.1, -0.05) is 13.3 Å². The van der Waals surface area contributed by atoms with E-state index in [1.807, 2.05) is 24.9 Å². The predicted molar refractivity (Wildman–Crippen MR) is 57.3 cm³/mol. The van der Waals surface area contributed by atoms with Gasteiger partial charge in [-0.05, 0) is 6.42 Å². The van der Waals surface area contributed by atoms with Crippen LogP contribution in [0.5, 0.6) is 0 Å². The zero-order chi connectivity index (χ0) is 10.5. The van der Waals surface area contributed by atoms with Gasteiger partial charge in [-0.25, -0.2) is 15.0 Å². The second-order valence-electron chi connectivity index (χ2n) is 3.49. The van der Waals surface area contributed by atoms with Crippen LogP contribution in [0, 0.1) is 0 Å². The SMILES string of the molecule is CCCC(c1cncnc1)n1ccnc1. The first kappa shape index (κ1) is 9.83. The molecule has 0 spiro atoms. The van der Waals surface area contributed by atoms with E-state index in [9.17, 15) is 0 Å². The number of aromatic nitrogens is 4. The lowest BCUT2D eigenvalue weighted by Gasteiger charge is -2.16. The summed E-state index contributed by atoms with van der Waals surface area (Å²) in [6.07, 6.45) is 13.1. The molecule has 0 fully saturated rings. The first-order chi connectivity index (χ1) is 7.42. The molecule has 0 saturated heterocycles. The van der Waals surface area contributed by atoms with E-state index >= 15 is 0 Å². The average Bonchev–Trinajstić information content (AvgIpc) is 2.80. The molecule has 2 rings (SSSR count). The number of nitrogens with zero attached hydrogens (tertiary/aromatic N) is 4. The second kappa shape index (κ2) is 4.68. The van der Waals surface area contributed by atoms with Crippen LogP contribution in [-0.4, -0.2) is 19.5 Å². The van der Waals surface area contributed by atoms with Gasteiger partial charge in [0, 0.05) is 30.4 Å². The fourth-order valence-corrected chi connectivity index (χ4v) is 1.70. The minimum absolute atomic E-state index is 0.304. The highest BCUT2D eigenvalue weighted by Gasteiger charge is 2.12. The molecule has 0 N–H and O–H groups in total. The van der Waals surface area contributed by atoms with Crippen LogP contribution < -0.4 is 0 Å². The summed E-state index contributed by atoms with van der Waals surface area (Å²) in [7, 11) is 0. The van der Waals surface area contributed by atoms with Gasteiger partial charge in [-0.3, -0.25) is 0 Å². The molecule has 2 aromatic rings. The summed E-state index contributed by atoms with van der Waals surface area (Å²) in [5.41, 5.74) is 1.14. The number of rotatable bonds is 4. The Labute approximate surface area is 89.0 Å². The molecule has 0 aliphatic heterocycles. The lowest BCUT2D eigenvalue weighted by molar-refractivity contribution is 0.529. The Morgan fingerprint density at radius 3 is 2.67 bits per heavy atom. The van der Waals surface area contributed by atoms with E-state index in [4.69, 9.17) is 0 Å². The van der Waals surface area contributed by atoms with Crippen LogP contribution in [0.3, 0.4) is 0 Å². The van der Waals surface area contributed by atoms with E-state index in [2.05, 4.69) is 26.4 Å². The third-order valence-electron chi connectivity index (χ3n) is 2.41. The molecule has 0 saturated carbocycles. The molecular formula is C11H14N4. The van der Waals surface area contributed by atoms with Gasteiger partial charge in [0.2, 0.25) is 0 Å². The van der Waals surface area contributed by atoms with Crippen molar-refractivity contribution in [1.29, 1.82) is 0 Å². The molecule has 0 amide bonds. The van der Waals surface area contributed by atoms with Gasteiger partial charge in [-0.15, -0.1) is 0 Å². The molecule has 0 aromatic carbocycles. The molecule has 0 bridgehead atoms. The fraction of sp³-hybridized carbons (Fsp3) is 0.364. The van der Waals surface area contributed by atoms with Crippen LogP contribution >= 0.6 is 0 Å². The van der Waals surface area contributed by atoms with Crippen molar-refractivity contribution in [2.75, 3.05) is 0 Å². The molecule has 4 nitrogen and oxygen atoms in total. The van der Waals surface area contributed by atoms with E-state index in [1.54, 1.807) is 12.5 Å². The Kier molecular flexibility index (Phi) is 3.07. The van der Waals surface area contributed by atoms with Gasteiger partial charge in [0.25, 0.3) is 0 Å². The third-order valence-corrected chi connectivity index (χ3v) is 2.41. The largest absolute Gasteiger partial charge is 0.330 e. The van der Waals surface area contributed by atoms with Crippen molar-refractivity contribution in [2.24, 2.45) is 0 Å². The minimum Gasteiger partial charge on any atom is -0.330 e. The number of hydrogen-bond acceptors (Lipinski definition) is 3. The van der Waals surface area contributed by atoms with Crippen LogP contribution in [0.15, 0.2) is 37.4 Å². The predicted octanol–water partition coefficient (Wildman–Crippen LogP) is 2.06. The van der Waals surface area contributed by atoms with Gasteiger partial charge in [0.1, 0.15) is 6.33 Å². The van der Waals surface area contributed by atoms with Gasteiger partial charge in [0.05, 0.1) is 12.4 Å². The zero-order valence-electron chi connectivity index (χ0n) is 8.74. The van der Waals surface area contributed by atoms with Gasteiger partial charge in [0.15, 0.2) is 0 Å². The fourth-order valence-electron chi connectivity index (χ4n) is 1.70. The summed E-state index contributed by atoms with van der Waals surface area (Å²) >= 11 is 0. The Morgan fingerprint density at radius 2 is 2.07 bits per heavy atom. The topological polar surface area (TPSA) is 43.6 Å². The lowest BCUT2D eigenvalue weighted by atomic mass is 10.1. The van der Waals surface area contributed by atoms with Crippen molar-refractivity contribution in [3.05, 3.63) is 43.0 Å². The van der Waals surface area contributed by atoms with Gasteiger partial charge in [-0.2, -0.15) is 0 Å². The van der Waals surface area contributed by atoms with Crippen molar-refractivity contribution in [1.82, 2.24) is 19.5 Å². The summed E-state index contributed by atoms with van der Waals surface area (Å²) < 4.78 is 2.10. The van der Waals surface area contributed by atoms with Gasteiger partial charge >= 0.3 is 0 Å². The molecule has 2 aromatic heterocycles. The highest BCUT2D eigenvalue weighted by atomic mass is 15.1. The smallest absolute Gasteiger partial charge is 0.115 e. The van der Waals surface area contributed by atoms with E-state index in [0.717, 1.165) is 18.4 Å². The molecule has 0 aliphatic carbocycles. The van der Waals surface area contributed by atoms with Crippen LogP contribution in [0.1, 0.15) is 31.4 Å². The second-order valence-corrected chi connectivity index (χ2v) is 3.49. The Hall–Kier alpha value is -1.71. The maximum Gasteiger partial charge on any atom is 0.115 e. The molecule has 4 heteroatoms. The molecule has 2 heterocycles.